The van der Waals surface area contributed by atoms with Crippen LogP contribution in [0.5, 0.6) is 0 Å². The van der Waals surface area contributed by atoms with E-state index in [0.29, 0.717) is 17.0 Å². The van der Waals surface area contributed by atoms with E-state index in [9.17, 15) is 4.39 Å². The van der Waals surface area contributed by atoms with Crippen LogP contribution in [0.1, 0.15) is 25.8 Å². The van der Waals surface area contributed by atoms with Crippen molar-refractivity contribution in [1.82, 2.24) is 5.43 Å². The second-order valence-corrected chi connectivity index (χ2v) is 4.97. The lowest BCUT2D eigenvalue weighted by Gasteiger charge is -2.35. The summed E-state index contributed by atoms with van der Waals surface area (Å²) >= 11 is 5.88. The maximum atomic E-state index is 13.7. The smallest absolute Gasteiger partial charge is 0.126 e. The van der Waals surface area contributed by atoms with Gasteiger partial charge in [0.15, 0.2) is 0 Å². The van der Waals surface area contributed by atoms with Gasteiger partial charge in [0.05, 0.1) is 11.6 Å². The number of methoxy groups -OCH3 is 1. The Morgan fingerprint density at radius 2 is 2.22 bits per heavy atom. The topological polar surface area (TPSA) is 47.3 Å². The number of ether oxygens (including phenoxy) is 1. The highest BCUT2D eigenvalue weighted by molar-refractivity contribution is 6.30. The van der Waals surface area contributed by atoms with E-state index < -0.39 is 5.60 Å². The van der Waals surface area contributed by atoms with E-state index in [1.807, 2.05) is 13.8 Å². The van der Waals surface area contributed by atoms with E-state index in [2.05, 4.69) is 5.43 Å². The van der Waals surface area contributed by atoms with Crippen molar-refractivity contribution in [3.05, 3.63) is 34.6 Å². The van der Waals surface area contributed by atoms with Crippen LogP contribution in [0.25, 0.3) is 0 Å². The Labute approximate surface area is 112 Å². The number of halogens is 2. The zero-order valence-corrected chi connectivity index (χ0v) is 11.7. The van der Waals surface area contributed by atoms with Crippen molar-refractivity contribution >= 4 is 11.6 Å². The van der Waals surface area contributed by atoms with Crippen molar-refractivity contribution in [3.8, 4) is 0 Å². The molecule has 0 aromatic heterocycles. The Bertz CT molecular complexity index is 397. The molecule has 3 N–H and O–H groups in total. The summed E-state index contributed by atoms with van der Waals surface area (Å²) in [6.45, 7) is 3.95. The average molecular weight is 275 g/mol. The summed E-state index contributed by atoms with van der Waals surface area (Å²) in [5.74, 6) is 5.28. The predicted octanol–water partition coefficient (Wildman–Crippen LogP) is 2.67. The van der Waals surface area contributed by atoms with Crippen molar-refractivity contribution in [2.75, 3.05) is 7.11 Å². The molecule has 2 unspecified atom stereocenters. The number of hydrazine groups is 1. The Kier molecular flexibility index (Phi) is 5.53. The summed E-state index contributed by atoms with van der Waals surface area (Å²) < 4.78 is 19.2. The Morgan fingerprint density at radius 1 is 1.56 bits per heavy atom. The van der Waals surface area contributed by atoms with E-state index >= 15 is 0 Å². The van der Waals surface area contributed by atoms with Crippen LogP contribution in [0.15, 0.2) is 18.2 Å². The first-order chi connectivity index (χ1) is 8.46. The van der Waals surface area contributed by atoms with Gasteiger partial charge >= 0.3 is 0 Å². The molecule has 1 aromatic rings. The van der Waals surface area contributed by atoms with Gasteiger partial charge in [-0.15, -0.1) is 0 Å². The van der Waals surface area contributed by atoms with Crippen molar-refractivity contribution in [3.63, 3.8) is 0 Å². The molecule has 0 aliphatic carbocycles. The summed E-state index contributed by atoms with van der Waals surface area (Å²) in [4.78, 5) is 0. The third-order valence-electron chi connectivity index (χ3n) is 3.54. The lowest BCUT2D eigenvalue weighted by atomic mass is 9.88. The molecule has 0 radical (unpaired) electrons. The van der Waals surface area contributed by atoms with Crippen LogP contribution < -0.4 is 11.3 Å². The average Bonchev–Trinajstić information content (AvgIpc) is 2.38. The van der Waals surface area contributed by atoms with Gasteiger partial charge in [0.2, 0.25) is 0 Å². The highest BCUT2D eigenvalue weighted by Crippen LogP contribution is 2.24. The van der Waals surface area contributed by atoms with E-state index in [4.69, 9.17) is 22.2 Å². The van der Waals surface area contributed by atoms with Gasteiger partial charge < -0.3 is 4.74 Å². The van der Waals surface area contributed by atoms with E-state index in [1.54, 1.807) is 13.2 Å². The monoisotopic (exact) mass is 274 g/mol. The van der Waals surface area contributed by atoms with Gasteiger partial charge in [-0.2, -0.15) is 0 Å². The number of hydrogen-bond donors (Lipinski definition) is 2. The zero-order chi connectivity index (χ0) is 13.8. The molecule has 18 heavy (non-hydrogen) atoms. The number of nitrogens with two attached hydrogens (primary N) is 1. The van der Waals surface area contributed by atoms with Gasteiger partial charge in [-0.05, 0) is 43.5 Å². The van der Waals surface area contributed by atoms with Crippen molar-refractivity contribution < 1.29 is 9.13 Å². The van der Waals surface area contributed by atoms with Gasteiger partial charge in [-0.25, -0.2) is 4.39 Å². The first-order valence-corrected chi connectivity index (χ1v) is 6.29. The Hall–Kier alpha value is -0.680. The molecular formula is C13H20ClFN2O. The predicted molar refractivity (Wildman–Crippen MR) is 71.9 cm³/mol. The van der Waals surface area contributed by atoms with Gasteiger partial charge in [0.1, 0.15) is 5.82 Å². The number of rotatable bonds is 6. The summed E-state index contributed by atoms with van der Waals surface area (Å²) in [5, 5.41) is 0.512. The van der Waals surface area contributed by atoms with E-state index in [1.165, 1.54) is 12.1 Å². The summed E-state index contributed by atoms with van der Waals surface area (Å²) in [7, 11) is 1.63. The maximum Gasteiger partial charge on any atom is 0.126 e. The van der Waals surface area contributed by atoms with Crippen LogP contribution in [0.4, 0.5) is 4.39 Å². The fourth-order valence-corrected chi connectivity index (χ4v) is 2.10. The molecule has 0 spiro atoms. The van der Waals surface area contributed by atoms with Crippen LogP contribution in [0, 0.1) is 5.82 Å². The van der Waals surface area contributed by atoms with Gasteiger partial charge in [0, 0.05) is 12.1 Å². The molecule has 0 bridgehead atoms. The van der Waals surface area contributed by atoms with Crippen LogP contribution in [-0.4, -0.2) is 18.8 Å². The first-order valence-electron chi connectivity index (χ1n) is 5.92. The standard InChI is InChI=1S/C13H20ClFN2O/c1-4-13(2,18-3)12(17-16)8-9-7-10(14)5-6-11(9)15/h5-7,12,17H,4,8,16H2,1-3H3. The number of nitrogens with one attached hydrogen (secondary N) is 1. The molecule has 1 aromatic carbocycles. The van der Waals surface area contributed by atoms with Gasteiger partial charge in [0.25, 0.3) is 0 Å². The van der Waals surface area contributed by atoms with Crippen LogP contribution >= 0.6 is 11.6 Å². The lowest BCUT2D eigenvalue weighted by molar-refractivity contribution is -0.0289. The molecule has 102 valence electrons. The fraction of sp³-hybridized carbons (Fsp3) is 0.538. The third-order valence-corrected chi connectivity index (χ3v) is 3.77. The highest BCUT2D eigenvalue weighted by atomic mass is 35.5. The molecule has 3 nitrogen and oxygen atoms in total. The summed E-state index contributed by atoms with van der Waals surface area (Å²) in [5.41, 5.74) is 2.78. The van der Waals surface area contributed by atoms with Crippen molar-refractivity contribution in [2.24, 2.45) is 5.84 Å². The normalized spacial score (nSPS) is 16.3. The first kappa shape index (κ1) is 15.4. The number of hydrogen-bond acceptors (Lipinski definition) is 3. The molecule has 0 saturated heterocycles. The number of benzene rings is 1. The minimum atomic E-state index is -0.455. The molecular weight excluding hydrogens is 255 g/mol. The van der Waals surface area contributed by atoms with Gasteiger partial charge in [-0.3, -0.25) is 11.3 Å². The van der Waals surface area contributed by atoms with E-state index in [0.717, 1.165) is 6.42 Å². The molecule has 0 aliphatic rings. The second-order valence-electron chi connectivity index (χ2n) is 4.53. The molecule has 0 amide bonds. The largest absolute Gasteiger partial charge is 0.377 e. The molecule has 0 heterocycles. The Morgan fingerprint density at radius 3 is 2.72 bits per heavy atom. The fourth-order valence-electron chi connectivity index (χ4n) is 1.90. The lowest BCUT2D eigenvalue weighted by Crippen LogP contribution is -2.53. The van der Waals surface area contributed by atoms with E-state index in [-0.39, 0.29) is 11.9 Å². The second kappa shape index (κ2) is 6.48. The van der Waals surface area contributed by atoms with Crippen LogP contribution in [-0.2, 0) is 11.2 Å². The molecule has 0 fully saturated rings. The minimum Gasteiger partial charge on any atom is -0.377 e. The van der Waals surface area contributed by atoms with Crippen LogP contribution in [0.2, 0.25) is 5.02 Å². The summed E-state index contributed by atoms with van der Waals surface area (Å²) in [6, 6.07) is 4.31. The third kappa shape index (κ3) is 3.42. The molecule has 1 rings (SSSR count). The van der Waals surface area contributed by atoms with Crippen LogP contribution in [0.3, 0.4) is 0 Å². The molecule has 2 atom stereocenters. The molecule has 5 heteroatoms. The molecule has 0 saturated carbocycles. The molecule has 0 aliphatic heterocycles. The maximum absolute atomic E-state index is 13.7. The quantitative estimate of drug-likeness (QED) is 0.619. The SMILES string of the molecule is CCC(C)(OC)C(Cc1cc(Cl)ccc1F)NN. The zero-order valence-electron chi connectivity index (χ0n) is 11.0. The van der Waals surface area contributed by atoms with Gasteiger partial charge in [-0.1, -0.05) is 18.5 Å². The Balaban J connectivity index is 2.95. The highest BCUT2D eigenvalue weighted by Gasteiger charge is 2.32. The summed E-state index contributed by atoms with van der Waals surface area (Å²) in [6.07, 6.45) is 1.18. The minimum absolute atomic E-state index is 0.194. The van der Waals surface area contributed by atoms with Crippen molar-refractivity contribution in [2.45, 2.75) is 38.3 Å². The van der Waals surface area contributed by atoms with Crippen molar-refractivity contribution in [1.29, 1.82) is 0 Å².